The molecule has 2 aromatic carbocycles. The van der Waals surface area contributed by atoms with Gasteiger partial charge in [-0.3, -0.25) is 4.79 Å². The minimum atomic E-state index is -1.11. The number of amides is 1. The molecule has 28 heavy (non-hydrogen) atoms. The Morgan fingerprint density at radius 2 is 1.86 bits per heavy atom. The molecule has 0 saturated carbocycles. The first-order chi connectivity index (χ1) is 12.9. The summed E-state index contributed by atoms with van der Waals surface area (Å²) < 4.78 is 5.22. The van der Waals surface area contributed by atoms with Crippen molar-refractivity contribution in [3.63, 3.8) is 0 Å². The highest BCUT2D eigenvalue weighted by Gasteiger charge is 2.37. The zero-order valence-electron chi connectivity index (χ0n) is 16.6. The Morgan fingerprint density at radius 1 is 1.18 bits per heavy atom. The molecule has 5 nitrogen and oxygen atoms in total. The lowest BCUT2D eigenvalue weighted by molar-refractivity contribution is -0.126. The molecule has 152 valence electrons. The van der Waals surface area contributed by atoms with Gasteiger partial charge in [-0.05, 0) is 50.3 Å². The number of aliphatic hydroxyl groups is 1. The number of rotatable bonds is 5. The number of thioether (sulfide) groups is 1. The largest absolute Gasteiger partial charge is 0.497 e. The lowest BCUT2D eigenvalue weighted by atomic mass is 10.1. The van der Waals surface area contributed by atoms with E-state index in [1.807, 2.05) is 68.4 Å². The van der Waals surface area contributed by atoms with Crippen LogP contribution in [0.1, 0.15) is 16.4 Å². The van der Waals surface area contributed by atoms with E-state index < -0.39 is 6.10 Å². The number of carbonyl (C=O) groups is 1. The number of fused-ring (bicyclic) bond motifs is 1. The topological polar surface area (TPSA) is 53.0 Å². The highest BCUT2D eigenvalue weighted by molar-refractivity contribution is 7.99. The van der Waals surface area contributed by atoms with E-state index in [0.29, 0.717) is 6.54 Å². The summed E-state index contributed by atoms with van der Waals surface area (Å²) in [6.45, 7) is 3.27. The van der Waals surface area contributed by atoms with Gasteiger partial charge in [-0.15, -0.1) is 24.2 Å². The summed E-state index contributed by atoms with van der Waals surface area (Å²) in [5.41, 5.74) is 2.85. The monoisotopic (exact) mass is 422 g/mol. The third-order valence-corrected chi connectivity index (χ3v) is 6.11. The summed E-state index contributed by atoms with van der Waals surface area (Å²) in [5.74, 6) is 0.500. The molecule has 1 heterocycles. The molecule has 0 unspecified atom stereocenters. The molecule has 0 aliphatic carbocycles. The van der Waals surface area contributed by atoms with Gasteiger partial charge in [0.05, 0.1) is 18.0 Å². The lowest BCUT2D eigenvalue weighted by Crippen LogP contribution is -2.43. The van der Waals surface area contributed by atoms with Gasteiger partial charge in [0.2, 0.25) is 0 Å². The normalized spacial score (nSPS) is 19.1. The zero-order valence-corrected chi connectivity index (χ0v) is 18.2. The average molecular weight is 423 g/mol. The summed E-state index contributed by atoms with van der Waals surface area (Å²) in [7, 11) is 5.58. The Balaban J connectivity index is 0.00000280. The fourth-order valence-electron chi connectivity index (χ4n) is 3.24. The summed E-state index contributed by atoms with van der Waals surface area (Å²) >= 11 is 1.54. The maximum absolute atomic E-state index is 13.2. The highest BCUT2D eigenvalue weighted by atomic mass is 35.5. The van der Waals surface area contributed by atoms with Gasteiger partial charge in [-0.2, -0.15) is 0 Å². The highest BCUT2D eigenvalue weighted by Crippen LogP contribution is 2.46. The van der Waals surface area contributed by atoms with Crippen LogP contribution in [0.3, 0.4) is 0 Å². The molecule has 0 saturated heterocycles. The molecule has 2 aromatic rings. The number of hydrogen-bond acceptors (Lipinski definition) is 5. The Bertz CT molecular complexity index is 814. The second-order valence-electron chi connectivity index (χ2n) is 6.97. The van der Waals surface area contributed by atoms with Crippen molar-refractivity contribution in [3.8, 4) is 5.75 Å². The number of para-hydroxylation sites is 1. The van der Waals surface area contributed by atoms with Gasteiger partial charge in [-0.25, -0.2) is 0 Å². The average Bonchev–Trinajstić information content (AvgIpc) is 2.76. The van der Waals surface area contributed by atoms with E-state index in [-0.39, 0.29) is 23.6 Å². The molecule has 1 aliphatic rings. The van der Waals surface area contributed by atoms with Gasteiger partial charge in [0.1, 0.15) is 11.9 Å². The Labute approximate surface area is 177 Å². The van der Waals surface area contributed by atoms with Crippen LogP contribution >= 0.6 is 24.2 Å². The minimum absolute atomic E-state index is 0. The Morgan fingerprint density at radius 3 is 2.46 bits per heavy atom. The van der Waals surface area contributed by atoms with E-state index in [2.05, 4.69) is 0 Å². The van der Waals surface area contributed by atoms with Crippen molar-refractivity contribution < 1.29 is 14.6 Å². The van der Waals surface area contributed by atoms with E-state index >= 15 is 0 Å². The standard InChI is InChI=1S/C21H26N2O3S.ClH/c1-14-6-5-7-17-18(14)23(13-12-22(2)3)21(25)19(24)20(27-17)15-8-10-16(26-4)11-9-15;/h5-11,19-20,24H,12-13H2,1-4H3;1H/t19-,20+;/m1./s1. The molecule has 1 N–H and O–H groups in total. The smallest absolute Gasteiger partial charge is 0.257 e. The van der Waals surface area contributed by atoms with E-state index in [4.69, 9.17) is 4.74 Å². The van der Waals surface area contributed by atoms with Gasteiger partial charge in [-0.1, -0.05) is 24.3 Å². The molecule has 0 spiro atoms. The van der Waals surface area contributed by atoms with Crippen LogP contribution in [0.5, 0.6) is 5.75 Å². The van der Waals surface area contributed by atoms with Crippen LogP contribution in [0, 0.1) is 6.92 Å². The third kappa shape index (κ3) is 4.63. The van der Waals surface area contributed by atoms with Gasteiger partial charge in [0.15, 0.2) is 0 Å². The quantitative estimate of drug-likeness (QED) is 0.798. The molecule has 0 fully saturated rings. The Kier molecular flexibility index (Phi) is 7.78. The second kappa shape index (κ2) is 9.65. The number of nitrogens with zero attached hydrogens (tertiary/aromatic N) is 2. The predicted molar refractivity (Wildman–Crippen MR) is 117 cm³/mol. The van der Waals surface area contributed by atoms with Crippen LogP contribution < -0.4 is 9.64 Å². The molecule has 2 atom stereocenters. The van der Waals surface area contributed by atoms with Gasteiger partial charge >= 0.3 is 0 Å². The van der Waals surface area contributed by atoms with Crippen molar-refractivity contribution >= 4 is 35.8 Å². The number of benzene rings is 2. The van der Waals surface area contributed by atoms with Gasteiger partial charge in [0, 0.05) is 18.0 Å². The zero-order chi connectivity index (χ0) is 19.6. The van der Waals surface area contributed by atoms with Gasteiger partial charge in [0.25, 0.3) is 5.91 Å². The molecule has 7 heteroatoms. The predicted octanol–water partition coefficient (Wildman–Crippen LogP) is 3.53. The number of aryl methyl sites for hydroxylation is 1. The van der Waals surface area contributed by atoms with Crippen LogP contribution in [0.2, 0.25) is 0 Å². The van der Waals surface area contributed by atoms with Crippen molar-refractivity contribution in [1.82, 2.24) is 4.90 Å². The van der Waals surface area contributed by atoms with Crippen molar-refractivity contribution in [2.45, 2.75) is 23.2 Å². The molecule has 0 bridgehead atoms. The molecular weight excluding hydrogens is 396 g/mol. The van der Waals surface area contributed by atoms with Crippen LogP contribution in [0.4, 0.5) is 5.69 Å². The first-order valence-corrected chi connectivity index (χ1v) is 9.84. The van der Waals surface area contributed by atoms with Crippen LogP contribution in [0.15, 0.2) is 47.4 Å². The molecule has 1 aliphatic heterocycles. The lowest BCUT2D eigenvalue weighted by Gasteiger charge is -2.27. The van der Waals surface area contributed by atoms with Crippen molar-refractivity contribution in [1.29, 1.82) is 0 Å². The maximum atomic E-state index is 13.2. The Hall–Kier alpha value is -1.73. The number of methoxy groups -OCH3 is 1. The van der Waals surface area contributed by atoms with Crippen molar-refractivity contribution in [2.24, 2.45) is 0 Å². The number of halogens is 1. The molecule has 0 radical (unpaired) electrons. The van der Waals surface area contributed by atoms with Gasteiger partial charge < -0.3 is 19.6 Å². The second-order valence-corrected chi connectivity index (χ2v) is 8.15. The number of likely N-dealkylation sites (N-methyl/N-ethyl adjacent to an activating group) is 1. The summed E-state index contributed by atoms with van der Waals surface area (Å²) in [4.78, 5) is 18.0. The number of ether oxygens (including phenoxy) is 1. The molecule has 1 amide bonds. The van der Waals surface area contributed by atoms with Crippen molar-refractivity contribution in [3.05, 3.63) is 53.6 Å². The number of hydrogen-bond donors (Lipinski definition) is 1. The number of anilines is 1. The number of aliphatic hydroxyl groups excluding tert-OH is 1. The third-order valence-electron chi connectivity index (χ3n) is 4.75. The SMILES string of the molecule is COc1ccc([C@@H]2Sc3cccc(C)c3N(CCN(C)C)C(=O)[C@@H]2O)cc1.Cl. The van der Waals surface area contributed by atoms with E-state index in [1.165, 1.54) is 0 Å². The fraction of sp³-hybridized carbons (Fsp3) is 0.381. The fourth-order valence-corrected chi connectivity index (χ4v) is 4.59. The molecule has 3 rings (SSSR count). The van der Waals surface area contributed by atoms with E-state index in [9.17, 15) is 9.90 Å². The first-order valence-electron chi connectivity index (χ1n) is 8.96. The molecule has 0 aromatic heterocycles. The minimum Gasteiger partial charge on any atom is -0.497 e. The van der Waals surface area contributed by atoms with E-state index in [0.717, 1.165) is 34.0 Å². The summed E-state index contributed by atoms with van der Waals surface area (Å²) in [6.07, 6.45) is -1.11. The summed E-state index contributed by atoms with van der Waals surface area (Å²) in [6, 6.07) is 13.6. The molecular formula is C21H27ClN2O3S. The van der Waals surface area contributed by atoms with E-state index in [1.54, 1.807) is 23.8 Å². The van der Waals surface area contributed by atoms with Crippen molar-refractivity contribution in [2.75, 3.05) is 39.2 Å². The maximum Gasteiger partial charge on any atom is 0.257 e. The summed E-state index contributed by atoms with van der Waals surface area (Å²) in [5, 5.41) is 10.6. The van der Waals surface area contributed by atoms with Crippen LogP contribution in [0.25, 0.3) is 0 Å². The van der Waals surface area contributed by atoms with Crippen LogP contribution in [-0.2, 0) is 4.79 Å². The first kappa shape index (κ1) is 22.6. The number of carbonyl (C=O) groups excluding carboxylic acids is 1. The van der Waals surface area contributed by atoms with Crippen LogP contribution in [-0.4, -0.2) is 56.3 Å².